The molecular weight excluding hydrogens is 244 g/mol. The largest absolute Gasteiger partial charge is 0.198 e. The van der Waals surface area contributed by atoms with Gasteiger partial charge in [0.2, 0.25) is 0 Å². The first-order chi connectivity index (χ1) is 9.47. The van der Waals surface area contributed by atoms with Crippen molar-refractivity contribution in [1.82, 2.24) is 0 Å². The van der Waals surface area contributed by atoms with Gasteiger partial charge in [-0.3, -0.25) is 0 Å². The summed E-state index contributed by atoms with van der Waals surface area (Å²) < 4.78 is 0. The minimum atomic E-state index is 0.458. The summed E-state index contributed by atoms with van der Waals surface area (Å²) in [6.07, 6.45) is 2.86. The van der Waals surface area contributed by atoms with Crippen LogP contribution in [0.5, 0.6) is 0 Å². The summed E-state index contributed by atoms with van der Waals surface area (Å²) in [4.78, 5) is 0. The molecule has 1 rings (SSSR count). The average molecular weight is 268 g/mol. The van der Waals surface area contributed by atoms with Gasteiger partial charge in [-0.05, 0) is 46.9 Å². The van der Waals surface area contributed by atoms with Crippen LogP contribution in [0, 0.1) is 34.5 Å². The van der Waals surface area contributed by atoms with Crippen molar-refractivity contribution in [3.63, 3.8) is 0 Å². The highest BCUT2D eigenvalue weighted by molar-refractivity contribution is 5.41. The Morgan fingerprint density at radius 2 is 1.10 bits per heavy atom. The monoisotopic (exact) mass is 268 g/mol. The lowest BCUT2D eigenvalue weighted by Crippen LogP contribution is -2.06. The van der Waals surface area contributed by atoms with E-state index in [0.29, 0.717) is 24.7 Å². The van der Waals surface area contributed by atoms with Crippen molar-refractivity contribution in [2.24, 2.45) is 11.8 Å². The fourth-order valence-electron chi connectivity index (χ4n) is 2.55. The molecule has 20 heavy (non-hydrogen) atoms. The highest BCUT2D eigenvalue weighted by Gasteiger charge is 2.12. The lowest BCUT2D eigenvalue weighted by molar-refractivity contribution is 0.634. The van der Waals surface area contributed by atoms with E-state index >= 15 is 0 Å². The Morgan fingerprint density at radius 1 is 0.750 bits per heavy atom. The minimum absolute atomic E-state index is 0.458. The van der Waals surface area contributed by atoms with Crippen LogP contribution in [-0.4, -0.2) is 0 Å². The summed E-state index contributed by atoms with van der Waals surface area (Å²) in [5, 5.41) is 18.0. The van der Waals surface area contributed by atoms with Crippen molar-refractivity contribution >= 4 is 0 Å². The second-order valence-electron chi connectivity index (χ2n) is 6.26. The Hall–Kier alpha value is -1.80. The maximum atomic E-state index is 9.02. The van der Waals surface area contributed by atoms with Gasteiger partial charge in [0.05, 0.1) is 25.0 Å². The van der Waals surface area contributed by atoms with Crippen molar-refractivity contribution in [3.05, 3.63) is 34.4 Å². The molecule has 0 amide bonds. The molecule has 0 heterocycles. The van der Waals surface area contributed by atoms with E-state index < -0.39 is 0 Å². The van der Waals surface area contributed by atoms with Gasteiger partial charge in [-0.1, -0.05) is 39.8 Å². The maximum Gasteiger partial charge on any atom is 0.0669 e. The highest BCUT2D eigenvalue weighted by atomic mass is 14.3. The topological polar surface area (TPSA) is 47.6 Å². The molecule has 0 aromatic heterocycles. The molecule has 0 N–H and O–H groups in total. The van der Waals surface area contributed by atoms with Crippen molar-refractivity contribution in [1.29, 1.82) is 10.5 Å². The van der Waals surface area contributed by atoms with E-state index in [-0.39, 0.29) is 0 Å². The van der Waals surface area contributed by atoms with Gasteiger partial charge in [0.25, 0.3) is 0 Å². The normalized spacial score (nSPS) is 10.6. The molecule has 1 aromatic rings. The third kappa shape index (κ3) is 4.71. The predicted molar refractivity (Wildman–Crippen MR) is 82.2 cm³/mol. The fraction of sp³-hybridized carbons (Fsp3) is 0.556. The van der Waals surface area contributed by atoms with E-state index in [0.717, 1.165) is 24.0 Å². The molecule has 2 heteroatoms. The van der Waals surface area contributed by atoms with Crippen molar-refractivity contribution in [3.8, 4) is 12.1 Å². The van der Waals surface area contributed by atoms with Gasteiger partial charge in [-0.15, -0.1) is 0 Å². The second-order valence-corrected chi connectivity index (χ2v) is 6.26. The quantitative estimate of drug-likeness (QED) is 0.775. The fourth-order valence-corrected chi connectivity index (χ4v) is 2.55. The van der Waals surface area contributed by atoms with Crippen LogP contribution in [-0.2, 0) is 25.7 Å². The number of hydrogen-bond acceptors (Lipinski definition) is 2. The second kappa shape index (κ2) is 7.71. The molecule has 2 nitrogen and oxygen atoms in total. The Labute approximate surface area is 123 Å². The molecule has 0 atom stereocenters. The Balaban J connectivity index is 3.27. The summed E-state index contributed by atoms with van der Waals surface area (Å²) in [5.41, 5.74) is 4.75. The molecule has 0 saturated heterocycles. The van der Waals surface area contributed by atoms with Crippen LogP contribution in [0.1, 0.15) is 49.9 Å². The van der Waals surface area contributed by atoms with E-state index in [1.54, 1.807) is 0 Å². The zero-order valence-corrected chi connectivity index (χ0v) is 13.0. The molecule has 0 aliphatic heterocycles. The van der Waals surface area contributed by atoms with Gasteiger partial charge in [0, 0.05) is 0 Å². The van der Waals surface area contributed by atoms with E-state index in [1.165, 1.54) is 11.1 Å². The number of benzene rings is 1. The first-order valence-corrected chi connectivity index (χ1v) is 7.35. The smallest absolute Gasteiger partial charge is 0.0669 e. The van der Waals surface area contributed by atoms with Crippen LogP contribution in [0.4, 0.5) is 0 Å². The van der Waals surface area contributed by atoms with Crippen LogP contribution in [0.15, 0.2) is 12.1 Å². The van der Waals surface area contributed by atoms with E-state index in [4.69, 9.17) is 10.5 Å². The molecule has 106 valence electrons. The van der Waals surface area contributed by atoms with Crippen LogP contribution < -0.4 is 0 Å². The van der Waals surface area contributed by atoms with E-state index in [9.17, 15) is 0 Å². The zero-order chi connectivity index (χ0) is 15.1. The van der Waals surface area contributed by atoms with Gasteiger partial charge in [-0.25, -0.2) is 0 Å². The van der Waals surface area contributed by atoms with Gasteiger partial charge in [0.1, 0.15) is 0 Å². The van der Waals surface area contributed by atoms with Crippen molar-refractivity contribution in [2.45, 2.75) is 53.4 Å². The zero-order valence-electron chi connectivity index (χ0n) is 13.0. The van der Waals surface area contributed by atoms with Gasteiger partial charge < -0.3 is 0 Å². The van der Waals surface area contributed by atoms with Crippen LogP contribution in [0.25, 0.3) is 0 Å². The first kappa shape index (κ1) is 16.3. The molecule has 0 fully saturated rings. The number of rotatable bonds is 6. The molecule has 0 radical (unpaired) electrons. The number of hydrogen-bond donors (Lipinski definition) is 0. The molecular formula is C18H24N2. The lowest BCUT2D eigenvalue weighted by atomic mass is 9.88. The van der Waals surface area contributed by atoms with E-state index in [2.05, 4.69) is 52.0 Å². The SMILES string of the molecule is CC(C)Cc1cc(CC#N)c(CC(C)C)cc1CC#N. The van der Waals surface area contributed by atoms with Gasteiger partial charge in [0.15, 0.2) is 0 Å². The van der Waals surface area contributed by atoms with Gasteiger partial charge >= 0.3 is 0 Å². The molecule has 0 aliphatic carbocycles. The summed E-state index contributed by atoms with van der Waals surface area (Å²) in [6, 6.07) is 8.85. The number of nitrogens with zero attached hydrogens (tertiary/aromatic N) is 2. The van der Waals surface area contributed by atoms with Crippen LogP contribution in [0.2, 0.25) is 0 Å². The standard InChI is InChI=1S/C18H24N2/c1-13(2)9-17-11-16(6-8-20)18(10-14(3)4)12-15(17)5-7-19/h11-14H,5-6,9-10H2,1-4H3. The third-order valence-corrected chi connectivity index (χ3v) is 3.32. The molecule has 0 saturated carbocycles. The molecule has 0 aliphatic rings. The predicted octanol–water partition coefficient (Wildman–Crippen LogP) is 4.22. The van der Waals surface area contributed by atoms with Crippen molar-refractivity contribution in [2.75, 3.05) is 0 Å². The Kier molecular flexibility index (Phi) is 6.26. The molecule has 0 unspecified atom stereocenters. The third-order valence-electron chi connectivity index (χ3n) is 3.32. The maximum absolute atomic E-state index is 9.02. The van der Waals surface area contributed by atoms with Crippen molar-refractivity contribution < 1.29 is 0 Å². The lowest BCUT2D eigenvalue weighted by Gasteiger charge is -2.16. The minimum Gasteiger partial charge on any atom is -0.198 e. The van der Waals surface area contributed by atoms with E-state index in [1.807, 2.05) is 0 Å². The van der Waals surface area contributed by atoms with Crippen LogP contribution >= 0.6 is 0 Å². The Bertz CT molecular complexity index is 478. The summed E-state index contributed by atoms with van der Waals surface area (Å²) in [5.74, 6) is 1.11. The Morgan fingerprint density at radius 3 is 1.35 bits per heavy atom. The molecule has 1 aromatic carbocycles. The molecule has 0 bridgehead atoms. The van der Waals surface area contributed by atoms with Crippen LogP contribution in [0.3, 0.4) is 0 Å². The first-order valence-electron chi connectivity index (χ1n) is 7.35. The van der Waals surface area contributed by atoms with Gasteiger partial charge in [-0.2, -0.15) is 10.5 Å². The molecule has 0 spiro atoms. The average Bonchev–Trinajstić information content (AvgIpc) is 2.33. The summed E-state index contributed by atoms with van der Waals surface area (Å²) >= 11 is 0. The number of nitriles is 2. The highest BCUT2D eigenvalue weighted by Crippen LogP contribution is 2.23. The summed E-state index contributed by atoms with van der Waals surface area (Å²) in [7, 11) is 0. The summed E-state index contributed by atoms with van der Waals surface area (Å²) in [6.45, 7) is 8.73.